The number of anilines is 2. The Balaban J connectivity index is 2.16. The fourth-order valence-electron chi connectivity index (χ4n) is 2.04. The Labute approximate surface area is 142 Å². The van der Waals surface area contributed by atoms with Gasteiger partial charge in [-0.1, -0.05) is 12.1 Å². The van der Waals surface area contributed by atoms with Crippen LogP contribution in [0, 0.1) is 0 Å². The van der Waals surface area contributed by atoms with Crippen molar-refractivity contribution < 1.29 is 13.2 Å². The molecule has 0 unspecified atom stereocenters. The second kappa shape index (κ2) is 5.38. The molecule has 1 N–H and O–H groups in total. The lowest BCUT2D eigenvalue weighted by molar-refractivity contribution is -0.115. The third kappa shape index (κ3) is 2.63. The average molecular weight is 452 g/mol. The highest BCUT2D eigenvalue weighted by atomic mass is 79.9. The Hall–Kier alpha value is -0.900. The van der Waals surface area contributed by atoms with Crippen LogP contribution in [0.3, 0.4) is 0 Å². The van der Waals surface area contributed by atoms with Gasteiger partial charge in [-0.2, -0.15) is 0 Å². The Bertz CT molecular complexity index is 833. The molecule has 0 bridgehead atoms. The molecule has 1 aromatic heterocycles. The van der Waals surface area contributed by atoms with E-state index in [1.165, 1.54) is 17.4 Å². The van der Waals surface area contributed by atoms with Gasteiger partial charge in [-0.15, -0.1) is 11.3 Å². The molecule has 0 spiro atoms. The first-order chi connectivity index (χ1) is 9.89. The zero-order valence-electron chi connectivity index (χ0n) is 10.3. The van der Waals surface area contributed by atoms with Crippen molar-refractivity contribution in [3.05, 3.63) is 37.9 Å². The second-order valence-corrected chi connectivity index (χ2v) is 9.85. The highest BCUT2D eigenvalue weighted by Crippen LogP contribution is 2.39. The Morgan fingerprint density at radius 2 is 1.95 bits per heavy atom. The van der Waals surface area contributed by atoms with E-state index >= 15 is 0 Å². The summed E-state index contributed by atoms with van der Waals surface area (Å²) in [5.74, 6) is -0.359. The molecule has 1 amide bonds. The molecule has 21 heavy (non-hydrogen) atoms. The maximum absolute atomic E-state index is 12.8. The van der Waals surface area contributed by atoms with Crippen molar-refractivity contribution in [3.8, 4) is 0 Å². The summed E-state index contributed by atoms with van der Waals surface area (Å²) in [6, 6.07) is 8.35. The van der Waals surface area contributed by atoms with Crippen LogP contribution in [0.1, 0.15) is 0 Å². The number of nitrogens with one attached hydrogen (secondary N) is 1. The highest BCUT2D eigenvalue weighted by Gasteiger charge is 2.34. The van der Waals surface area contributed by atoms with Gasteiger partial charge in [0.25, 0.3) is 10.0 Å². The number of rotatable bonds is 2. The predicted octanol–water partition coefficient (Wildman–Crippen LogP) is 3.42. The topological polar surface area (TPSA) is 66.5 Å². The Morgan fingerprint density at radius 3 is 2.62 bits per heavy atom. The first-order valence-corrected chi connectivity index (χ1v) is 9.60. The van der Waals surface area contributed by atoms with Crippen molar-refractivity contribution in [2.45, 2.75) is 4.90 Å². The quantitative estimate of drug-likeness (QED) is 0.760. The average Bonchev–Trinajstić information content (AvgIpc) is 2.77. The monoisotopic (exact) mass is 450 g/mol. The molecule has 9 heteroatoms. The van der Waals surface area contributed by atoms with E-state index in [-0.39, 0.29) is 17.3 Å². The summed E-state index contributed by atoms with van der Waals surface area (Å²) in [7, 11) is -3.81. The minimum atomic E-state index is -3.81. The lowest BCUT2D eigenvalue weighted by Gasteiger charge is -2.29. The molecule has 0 atom stereocenters. The number of benzene rings is 1. The van der Waals surface area contributed by atoms with E-state index in [1.807, 2.05) is 0 Å². The van der Waals surface area contributed by atoms with E-state index in [9.17, 15) is 13.2 Å². The van der Waals surface area contributed by atoms with E-state index in [4.69, 9.17) is 0 Å². The summed E-state index contributed by atoms with van der Waals surface area (Å²) < 4.78 is 28.0. The number of sulfonamides is 1. The number of carbonyl (C=O) groups excluding carboxylic acids is 1. The molecule has 0 radical (unpaired) electrons. The van der Waals surface area contributed by atoms with E-state index in [0.717, 1.165) is 4.31 Å². The molecule has 0 saturated carbocycles. The Morgan fingerprint density at radius 1 is 1.24 bits per heavy atom. The van der Waals surface area contributed by atoms with Crippen molar-refractivity contribution in [2.24, 2.45) is 0 Å². The van der Waals surface area contributed by atoms with Crippen molar-refractivity contribution in [2.75, 3.05) is 16.2 Å². The molecule has 0 fully saturated rings. The molecular formula is C12H8Br2N2O3S2. The van der Waals surface area contributed by atoms with Crippen LogP contribution in [0.15, 0.2) is 42.8 Å². The van der Waals surface area contributed by atoms with Gasteiger partial charge in [-0.25, -0.2) is 8.42 Å². The highest BCUT2D eigenvalue weighted by molar-refractivity contribution is 9.12. The van der Waals surface area contributed by atoms with Gasteiger partial charge in [-0.05, 0) is 50.1 Å². The third-order valence-electron chi connectivity index (χ3n) is 2.93. The number of hydrogen-bond acceptors (Lipinski definition) is 4. The molecular weight excluding hydrogens is 444 g/mol. The minimum absolute atomic E-state index is 0.142. The lowest BCUT2D eigenvalue weighted by atomic mass is 10.2. The molecule has 1 aliphatic heterocycles. The number of hydrogen-bond donors (Lipinski definition) is 1. The summed E-state index contributed by atoms with van der Waals surface area (Å²) >= 11 is 7.80. The Kier molecular flexibility index (Phi) is 3.85. The first kappa shape index (κ1) is 15.0. The molecule has 0 saturated heterocycles. The maximum Gasteiger partial charge on any atom is 0.266 e. The molecule has 3 rings (SSSR count). The van der Waals surface area contributed by atoms with Gasteiger partial charge in [0, 0.05) is 0 Å². The van der Waals surface area contributed by atoms with Crippen LogP contribution in [-0.2, 0) is 14.8 Å². The number of fused-ring (bicyclic) bond motifs is 1. The van der Waals surface area contributed by atoms with Gasteiger partial charge in [-0.3, -0.25) is 9.10 Å². The molecule has 0 aliphatic carbocycles. The van der Waals surface area contributed by atoms with Crippen LogP contribution in [0.4, 0.5) is 11.4 Å². The number of nitrogens with zero attached hydrogens (tertiary/aromatic N) is 1. The van der Waals surface area contributed by atoms with Gasteiger partial charge < -0.3 is 5.32 Å². The maximum atomic E-state index is 12.8. The fraction of sp³-hybridized carbons (Fsp3) is 0.0833. The van der Waals surface area contributed by atoms with Gasteiger partial charge >= 0.3 is 0 Å². The SMILES string of the molecule is O=C1CN(S(=O)(=O)c2cc(Br)sc2Br)c2ccccc2N1. The van der Waals surface area contributed by atoms with Crippen LogP contribution in [0.2, 0.25) is 0 Å². The molecule has 110 valence electrons. The van der Waals surface area contributed by atoms with E-state index in [1.54, 1.807) is 24.3 Å². The number of halogens is 2. The minimum Gasteiger partial charge on any atom is -0.323 e. The zero-order chi connectivity index (χ0) is 15.2. The number of para-hydroxylation sites is 2. The summed E-state index contributed by atoms with van der Waals surface area (Å²) in [4.78, 5) is 11.9. The number of thiophene rings is 1. The normalized spacial score (nSPS) is 14.8. The van der Waals surface area contributed by atoms with E-state index in [2.05, 4.69) is 37.2 Å². The van der Waals surface area contributed by atoms with Gasteiger partial charge in [0.05, 0.1) is 18.9 Å². The van der Waals surface area contributed by atoms with Gasteiger partial charge in [0.2, 0.25) is 5.91 Å². The van der Waals surface area contributed by atoms with Gasteiger partial charge in [0.15, 0.2) is 0 Å². The van der Waals surface area contributed by atoms with Crippen LogP contribution in [0.25, 0.3) is 0 Å². The summed E-state index contributed by atoms with van der Waals surface area (Å²) in [5.41, 5.74) is 0.953. The first-order valence-electron chi connectivity index (χ1n) is 5.76. The summed E-state index contributed by atoms with van der Waals surface area (Å²) in [6.07, 6.45) is 0. The molecule has 2 aromatic rings. The largest absolute Gasteiger partial charge is 0.323 e. The summed E-state index contributed by atoms with van der Waals surface area (Å²) in [6.45, 7) is -0.237. The van der Waals surface area contributed by atoms with Crippen LogP contribution in [0.5, 0.6) is 0 Å². The third-order valence-corrected chi connectivity index (χ3v) is 7.44. The van der Waals surface area contributed by atoms with Crippen molar-refractivity contribution in [1.82, 2.24) is 0 Å². The van der Waals surface area contributed by atoms with Crippen molar-refractivity contribution >= 4 is 70.5 Å². The molecule has 2 heterocycles. The summed E-state index contributed by atoms with van der Waals surface area (Å²) in [5, 5.41) is 2.67. The molecule has 1 aliphatic rings. The van der Waals surface area contributed by atoms with Crippen LogP contribution >= 0.6 is 43.2 Å². The predicted molar refractivity (Wildman–Crippen MR) is 89.3 cm³/mol. The van der Waals surface area contributed by atoms with Gasteiger partial charge in [0.1, 0.15) is 11.4 Å². The fourth-order valence-corrected chi connectivity index (χ4v) is 7.24. The molecule has 1 aromatic carbocycles. The van der Waals surface area contributed by atoms with E-state index in [0.29, 0.717) is 18.9 Å². The lowest BCUT2D eigenvalue weighted by Crippen LogP contribution is -2.42. The number of amides is 1. The standard InChI is InChI=1S/C12H8Br2N2O3S2/c13-10-5-9(12(14)20-10)21(18,19)16-6-11(17)15-7-3-1-2-4-8(7)16/h1-5H,6H2,(H,15,17). The van der Waals surface area contributed by atoms with E-state index < -0.39 is 10.0 Å². The second-order valence-electron chi connectivity index (χ2n) is 4.27. The molecule has 5 nitrogen and oxygen atoms in total. The smallest absolute Gasteiger partial charge is 0.266 e. The number of carbonyl (C=O) groups is 1. The zero-order valence-corrected chi connectivity index (χ0v) is 15.1. The van der Waals surface area contributed by atoms with Crippen LogP contribution < -0.4 is 9.62 Å². The van der Waals surface area contributed by atoms with Crippen LogP contribution in [-0.4, -0.2) is 20.9 Å². The van der Waals surface area contributed by atoms with Crippen molar-refractivity contribution in [1.29, 1.82) is 0 Å². The van der Waals surface area contributed by atoms with Crippen molar-refractivity contribution in [3.63, 3.8) is 0 Å².